The van der Waals surface area contributed by atoms with Gasteiger partial charge >= 0.3 is 0 Å². The number of anilines is 1. The van der Waals surface area contributed by atoms with E-state index in [1.54, 1.807) is 12.1 Å². The van der Waals surface area contributed by atoms with E-state index in [1.807, 2.05) is 6.07 Å². The molecule has 1 aromatic carbocycles. The van der Waals surface area contributed by atoms with Crippen LogP contribution in [-0.4, -0.2) is 47.4 Å². The Kier molecular flexibility index (Phi) is 4.01. The van der Waals surface area contributed by atoms with Crippen LogP contribution in [0.2, 0.25) is 0 Å². The fourth-order valence-electron chi connectivity index (χ4n) is 2.37. The van der Waals surface area contributed by atoms with Crippen LogP contribution in [0.3, 0.4) is 0 Å². The molecule has 104 valence electrons. The third-order valence-electron chi connectivity index (χ3n) is 3.74. The summed E-state index contributed by atoms with van der Waals surface area (Å²) in [6.07, 6.45) is 0. The number of hydrogen-bond acceptors (Lipinski definition) is 5. The van der Waals surface area contributed by atoms with Gasteiger partial charge in [-0.3, -0.25) is 15.0 Å². The molecule has 1 heterocycles. The first-order valence-corrected chi connectivity index (χ1v) is 6.42. The van der Waals surface area contributed by atoms with Crippen molar-refractivity contribution in [3.05, 3.63) is 33.9 Å². The van der Waals surface area contributed by atoms with Gasteiger partial charge in [0.2, 0.25) is 0 Å². The predicted molar refractivity (Wildman–Crippen MR) is 74.9 cm³/mol. The summed E-state index contributed by atoms with van der Waals surface area (Å²) in [6, 6.07) is 5.58. The molecule has 1 aromatic rings. The molecule has 0 amide bonds. The molecule has 1 fully saturated rings. The van der Waals surface area contributed by atoms with Crippen molar-refractivity contribution < 1.29 is 4.92 Å². The molecule has 0 aliphatic carbocycles. The van der Waals surface area contributed by atoms with Crippen molar-refractivity contribution in [3.8, 4) is 0 Å². The van der Waals surface area contributed by atoms with Gasteiger partial charge in [-0.2, -0.15) is 0 Å². The van der Waals surface area contributed by atoms with Crippen LogP contribution in [0.25, 0.3) is 0 Å². The van der Waals surface area contributed by atoms with E-state index in [9.17, 15) is 10.1 Å². The Bertz CT molecular complexity index is 478. The van der Waals surface area contributed by atoms with E-state index in [4.69, 9.17) is 5.73 Å². The highest BCUT2D eigenvalue weighted by atomic mass is 16.6. The largest absolute Gasteiger partial charge is 0.393 e. The summed E-state index contributed by atoms with van der Waals surface area (Å²) in [4.78, 5) is 15.1. The average Bonchev–Trinajstić information content (AvgIpc) is 2.36. The zero-order chi connectivity index (χ0) is 14.0. The minimum Gasteiger partial charge on any atom is -0.393 e. The number of likely N-dealkylation sites (N-methyl/N-ethyl adjacent to an activating group) is 1. The van der Waals surface area contributed by atoms with E-state index < -0.39 is 4.92 Å². The molecular formula is C13H20N4O2. The maximum atomic E-state index is 10.9. The average molecular weight is 264 g/mol. The van der Waals surface area contributed by atoms with Gasteiger partial charge in [0.15, 0.2) is 0 Å². The lowest BCUT2D eigenvalue weighted by Gasteiger charge is -2.37. The van der Waals surface area contributed by atoms with Crippen LogP contribution in [0, 0.1) is 10.1 Å². The van der Waals surface area contributed by atoms with Gasteiger partial charge in [0.05, 0.1) is 4.92 Å². The molecule has 0 saturated carbocycles. The first kappa shape index (κ1) is 13.8. The van der Waals surface area contributed by atoms with Gasteiger partial charge < -0.3 is 10.6 Å². The van der Waals surface area contributed by atoms with Gasteiger partial charge in [0.25, 0.3) is 5.69 Å². The molecule has 2 rings (SSSR count). The molecule has 2 N–H and O–H groups in total. The van der Waals surface area contributed by atoms with Crippen LogP contribution in [0.1, 0.15) is 12.5 Å². The van der Waals surface area contributed by atoms with E-state index in [1.165, 1.54) is 0 Å². The van der Waals surface area contributed by atoms with Crippen LogP contribution < -0.4 is 5.73 Å². The van der Waals surface area contributed by atoms with Gasteiger partial charge in [-0.25, -0.2) is 0 Å². The monoisotopic (exact) mass is 264 g/mol. The van der Waals surface area contributed by atoms with E-state index >= 15 is 0 Å². The van der Waals surface area contributed by atoms with Gasteiger partial charge in [0.1, 0.15) is 5.69 Å². The van der Waals surface area contributed by atoms with E-state index in [0.717, 1.165) is 31.7 Å². The predicted octanol–water partition coefficient (Wildman–Crippen LogP) is 1.31. The molecule has 1 saturated heterocycles. The van der Waals surface area contributed by atoms with Gasteiger partial charge in [-0.05, 0) is 25.6 Å². The Morgan fingerprint density at radius 2 is 2.21 bits per heavy atom. The fourth-order valence-corrected chi connectivity index (χ4v) is 2.37. The molecule has 1 atom stereocenters. The Morgan fingerprint density at radius 3 is 2.84 bits per heavy atom. The molecule has 6 heteroatoms. The van der Waals surface area contributed by atoms with Gasteiger partial charge in [-0.1, -0.05) is 6.07 Å². The van der Waals surface area contributed by atoms with Crippen LogP contribution in [0.5, 0.6) is 0 Å². The Hall–Kier alpha value is -1.66. The highest BCUT2D eigenvalue weighted by Crippen LogP contribution is 2.23. The van der Waals surface area contributed by atoms with Crippen molar-refractivity contribution in [3.63, 3.8) is 0 Å². The first-order chi connectivity index (χ1) is 8.97. The fraction of sp³-hybridized carbons (Fsp3) is 0.538. The SMILES string of the molecule is CC1CN(Cc2ccc(N)c([N+](=O)[O-])c2)CCN1C. The van der Waals surface area contributed by atoms with Crippen molar-refractivity contribution in [1.29, 1.82) is 0 Å². The minimum atomic E-state index is -0.425. The summed E-state index contributed by atoms with van der Waals surface area (Å²) in [5, 5.41) is 10.9. The number of nitro benzene ring substituents is 1. The number of nitrogens with two attached hydrogens (primary N) is 1. The highest BCUT2D eigenvalue weighted by Gasteiger charge is 2.21. The summed E-state index contributed by atoms with van der Waals surface area (Å²) in [5.41, 5.74) is 6.77. The summed E-state index contributed by atoms with van der Waals surface area (Å²) in [5.74, 6) is 0. The molecule has 0 aromatic heterocycles. The molecule has 6 nitrogen and oxygen atoms in total. The van der Waals surface area contributed by atoms with Gasteiger partial charge in [0, 0.05) is 38.3 Å². The number of hydrogen-bond donors (Lipinski definition) is 1. The normalized spacial score (nSPS) is 21.5. The van der Waals surface area contributed by atoms with Crippen molar-refractivity contribution >= 4 is 11.4 Å². The molecule has 0 radical (unpaired) electrons. The smallest absolute Gasteiger partial charge is 0.292 e. The molecule has 1 aliphatic heterocycles. The summed E-state index contributed by atoms with van der Waals surface area (Å²) >= 11 is 0. The maximum absolute atomic E-state index is 10.9. The Labute approximate surface area is 112 Å². The summed E-state index contributed by atoms with van der Waals surface area (Å²) < 4.78 is 0. The van der Waals surface area contributed by atoms with Crippen LogP contribution in [0.4, 0.5) is 11.4 Å². The van der Waals surface area contributed by atoms with E-state index in [2.05, 4.69) is 23.8 Å². The van der Waals surface area contributed by atoms with E-state index in [0.29, 0.717) is 6.04 Å². The lowest BCUT2D eigenvalue weighted by atomic mass is 10.1. The van der Waals surface area contributed by atoms with Gasteiger partial charge in [-0.15, -0.1) is 0 Å². The highest BCUT2D eigenvalue weighted by molar-refractivity contribution is 5.59. The quantitative estimate of drug-likeness (QED) is 0.506. The van der Waals surface area contributed by atoms with Crippen molar-refractivity contribution in [2.75, 3.05) is 32.4 Å². The molecule has 0 bridgehead atoms. The number of piperazine rings is 1. The molecule has 1 unspecified atom stereocenters. The lowest BCUT2D eigenvalue weighted by molar-refractivity contribution is -0.384. The van der Waals surface area contributed by atoms with Crippen molar-refractivity contribution in [2.45, 2.75) is 19.5 Å². The Morgan fingerprint density at radius 1 is 1.47 bits per heavy atom. The van der Waals surface area contributed by atoms with E-state index in [-0.39, 0.29) is 11.4 Å². The Balaban J connectivity index is 2.07. The second-order valence-corrected chi connectivity index (χ2v) is 5.22. The maximum Gasteiger partial charge on any atom is 0.292 e. The summed E-state index contributed by atoms with van der Waals surface area (Å²) in [6.45, 7) is 5.92. The van der Waals surface area contributed by atoms with Crippen LogP contribution in [-0.2, 0) is 6.54 Å². The third kappa shape index (κ3) is 3.21. The number of nitro groups is 1. The second kappa shape index (κ2) is 5.54. The zero-order valence-electron chi connectivity index (χ0n) is 11.4. The molecule has 19 heavy (non-hydrogen) atoms. The second-order valence-electron chi connectivity index (χ2n) is 5.22. The number of nitrogen functional groups attached to an aromatic ring is 1. The molecular weight excluding hydrogens is 244 g/mol. The first-order valence-electron chi connectivity index (χ1n) is 6.42. The molecule has 0 spiro atoms. The van der Waals surface area contributed by atoms with Crippen molar-refractivity contribution in [1.82, 2.24) is 9.80 Å². The van der Waals surface area contributed by atoms with Crippen molar-refractivity contribution in [2.24, 2.45) is 0 Å². The number of benzene rings is 1. The summed E-state index contributed by atoms with van der Waals surface area (Å²) in [7, 11) is 2.12. The lowest BCUT2D eigenvalue weighted by Crippen LogP contribution is -2.49. The third-order valence-corrected chi connectivity index (χ3v) is 3.74. The standard InChI is InChI=1S/C13H20N4O2/c1-10-8-16(6-5-15(10)2)9-11-3-4-12(14)13(7-11)17(18)19/h3-4,7,10H,5-6,8-9,14H2,1-2H3. The van der Waals surface area contributed by atoms with Crippen LogP contribution >= 0.6 is 0 Å². The number of rotatable bonds is 3. The topological polar surface area (TPSA) is 75.6 Å². The van der Waals surface area contributed by atoms with Crippen LogP contribution in [0.15, 0.2) is 18.2 Å². The number of nitrogens with zero attached hydrogens (tertiary/aromatic N) is 3. The minimum absolute atomic E-state index is 0.000300. The zero-order valence-corrected chi connectivity index (χ0v) is 11.4. The molecule has 1 aliphatic rings.